The Labute approximate surface area is 124 Å². The van der Waals surface area contributed by atoms with Gasteiger partial charge < -0.3 is 0 Å². The summed E-state index contributed by atoms with van der Waals surface area (Å²) in [5.74, 6) is 0. The van der Waals surface area contributed by atoms with Crippen LogP contribution in [-0.4, -0.2) is 4.98 Å². The third kappa shape index (κ3) is 1.96. The first-order valence-electron chi connectivity index (χ1n) is 7.05. The van der Waals surface area contributed by atoms with Crippen LogP contribution in [0, 0.1) is 0 Å². The van der Waals surface area contributed by atoms with Crippen molar-refractivity contribution in [1.29, 1.82) is 0 Å². The van der Waals surface area contributed by atoms with Gasteiger partial charge in [0.2, 0.25) is 0 Å². The molecular formula is C19H15N2+. The van der Waals surface area contributed by atoms with Crippen molar-refractivity contribution in [1.82, 2.24) is 4.98 Å². The molecule has 0 saturated heterocycles. The second-order valence-corrected chi connectivity index (χ2v) is 5.31. The fourth-order valence-corrected chi connectivity index (χ4v) is 2.93. The minimum Gasteiger partial charge on any atom is -0.256 e. The number of pyridine rings is 2. The van der Waals surface area contributed by atoms with E-state index >= 15 is 0 Å². The lowest BCUT2D eigenvalue weighted by atomic mass is 10.0. The number of benzene rings is 1. The van der Waals surface area contributed by atoms with Gasteiger partial charge in [0.25, 0.3) is 0 Å². The summed E-state index contributed by atoms with van der Waals surface area (Å²) < 4.78 is 2.07. The van der Waals surface area contributed by atoms with E-state index in [2.05, 4.69) is 64.3 Å². The minimum atomic E-state index is 1.08. The van der Waals surface area contributed by atoms with E-state index in [1.165, 1.54) is 27.8 Å². The summed E-state index contributed by atoms with van der Waals surface area (Å²) in [5.41, 5.74) is 7.23. The molecule has 1 aliphatic rings. The molecule has 0 unspecified atom stereocenters. The Hall–Kier alpha value is -2.74. The standard InChI is InChI=1S/C19H15N2/c1-21-11-5-6-14(13-21)12-18-15-7-2-3-8-16(15)19-17(18)9-4-10-20-19/h2-13H,1H3/q+1/b18-12+. The first-order chi connectivity index (χ1) is 10.3. The fraction of sp³-hybridized carbons (Fsp3) is 0.0526. The quantitative estimate of drug-likeness (QED) is 0.484. The van der Waals surface area contributed by atoms with Gasteiger partial charge in [-0.1, -0.05) is 30.3 Å². The van der Waals surface area contributed by atoms with E-state index in [1.807, 2.05) is 25.5 Å². The highest BCUT2D eigenvalue weighted by Crippen LogP contribution is 2.43. The molecule has 21 heavy (non-hydrogen) atoms. The number of hydrogen-bond donors (Lipinski definition) is 0. The molecule has 0 spiro atoms. The van der Waals surface area contributed by atoms with Crippen molar-refractivity contribution in [3.63, 3.8) is 0 Å². The van der Waals surface area contributed by atoms with E-state index in [-0.39, 0.29) is 0 Å². The maximum atomic E-state index is 4.56. The molecule has 0 saturated carbocycles. The van der Waals surface area contributed by atoms with E-state index in [9.17, 15) is 0 Å². The molecule has 100 valence electrons. The van der Waals surface area contributed by atoms with Crippen molar-refractivity contribution in [2.75, 3.05) is 0 Å². The Kier molecular flexibility index (Phi) is 2.68. The highest BCUT2D eigenvalue weighted by Gasteiger charge is 2.23. The molecule has 2 nitrogen and oxygen atoms in total. The lowest BCUT2D eigenvalue weighted by molar-refractivity contribution is -0.671. The van der Waals surface area contributed by atoms with Gasteiger partial charge in [-0.25, -0.2) is 4.57 Å². The van der Waals surface area contributed by atoms with Crippen molar-refractivity contribution in [2.24, 2.45) is 7.05 Å². The first kappa shape index (κ1) is 12.0. The van der Waals surface area contributed by atoms with Gasteiger partial charge in [0.05, 0.1) is 5.69 Å². The second-order valence-electron chi connectivity index (χ2n) is 5.31. The molecule has 0 aliphatic heterocycles. The Morgan fingerprint density at radius 1 is 0.905 bits per heavy atom. The van der Waals surface area contributed by atoms with Gasteiger partial charge in [-0.3, -0.25) is 4.98 Å². The van der Waals surface area contributed by atoms with Crippen LogP contribution < -0.4 is 4.57 Å². The zero-order chi connectivity index (χ0) is 14.2. The van der Waals surface area contributed by atoms with Crippen LogP contribution in [0.2, 0.25) is 0 Å². The van der Waals surface area contributed by atoms with Crippen LogP contribution in [-0.2, 0) is 7.05 Å². The lowest BCUT2D eigenvalue weighted by Gasteiger charge is -2.02. The third-order valence-corrected chi connectivity index (χ3v) is 3.84. The van der Waals surface area contributed by atoms with E-state index in [4.69, 9.17) is 0 Å². The van der Waals surface area contributed by atoms with Gasteiger partial charge in [0.15, 0.2) is 12.4 Å². The molecular weight excluding hydrogens is 256 g/mol. The van der Waals surface area contributed by atoms with Crippen molar-refractivity contribution in [3.05, 3.63) is 83.8 Å². The largest absolute Gasteiger partial charge is 0.256 e. The smallest absolute Gasteiger partial charge is 0.175 e. The van der Waals surface area contributed by atoms with Gasteiger partial charge in [-0.05, 0) is 29.3 Å². The van der Waals surface area contributed by atoms with Crippen LogP contribution in [0.1, 0.15) is 16.7 Å². The number of fused-ring (bicyclic) bond motifs is 3. The van der Waals surface area contributed by atoms with Gasteiger partial charge in [-0.2, -0.15) is 0 Å². The molecule has 2 heterocycles. The molecule has 0 fully saturated rings. The zero-order valence-electron chi connectivity index (χ0n) is 11.8. The summed E-state index contributed by atoms with van der Waals surface area (Å²) in [6, 6.07) is 16.8. The Balaban J connectivity index is 1.97. The van der Waals surface area contributed by atoms with Gasteiger partial charge in [0.1, 0.15) is 7.05 Å². The molecule has 1 aliphatic carbocycles. The predicted octanol–water partition coefficient (Wildman–Crippen LogP) is 3.48. The number of aromatic nitrogens is 2. The maximum absolute atomic E-state index is 4.56. The van der Waals surface area contributed by atoms with Crippen LogP contribution in [0.5, 0.6) is 0 Å². The van der Waals surface area contributed by atoms with Crippen LogP contribution in [0.4, 0.5) is 0 Å². The number of hydrogen-bond acceptors (Lipinski definition) is 1. The molecule has 0 radical (unpaired) electrons. The molecule has 0 amide bonds. The summed E-state index contributed by atoms with van der Waals surface area (Å²) >= 11 is 0. The van der Waals surface area contributed by atoms with Crippen molar-refractivity contribution < 1.29 is 4.57 Å². The molecule has 4 rings (SSSR count). The normalized spacial score (nSPS) is 14.0. The summed E-state index contributed by atoms with van der Waals surface area (Å²) in [7, 11) is 2.04. The average Bonchev–Trinajstić information content (AvgIpc) is 2.83. The van der Waals surface area contributed by atoms with Crippen molar-refractivity contribution in [2.45, 2.75) is 0 Å². The Morgan fingerprint density at radius 2 is 1.71 bits per heavy atom. The van der Waals surface area contributed by atoms with Crippen molar-refractivity contribution >= 4 is 11.6 Å². The highest BCUT2D eigenvalue weighted by atomic mass is 14.9. The number of nitrogens with zero attached hydrogens (tertiary/aromatic N) is 2. The summed E-state index contributed by atoms with van der Waals surface area (Å²) in [6.45, 7) is 0. The molecule has 3 aromatic rings. The van der Waals surface area contributed by atoms with Gasteiger partial charge in [-0.15, -0.1) is 0 Å². The fourth-order valence-electron chi connectivity index (χ4n) is 2.93. The molecule has 0 atom stereocenters. The molecule has 2 heteroatoms. The van der Waals surface area contributed by atoms with Crippen molar-refractivity contribution in [3.8, 4) is 11.3 Å². The van der Waals surface area contributed by atoms with Crippen LogP contribution >= 0.6 is 0 Å². The monoisotopic (exact) mass is 271 g/mol. The van der Waals surface area contributed by atoms with Crippen LogP contribution in [0.25, 0.3) is 22.9 Å². The topological polar surface area (TPSA) is 16.8 Å². The SMILES string of the molecule is C[n+]1cccc(/C=C2\c3ccccc3-c3ncccc32)c1. The summed E-state index contributed by atoms with van der Waals surface area (Å²) in [5, 5.41) is 0. The maximum Gasteiger partial charge on any atom is 0.175 e. The molecule has 1 aromatic carbocycles. The summed E-state index contributed by atoms with van der Waals surface area (Å²) in [4.78, 5) is 4.56. The molecule has 0 bridgehead atoms. The van der Waals surface area contributed by atoms with E-state index in [0.717, 1.165) is 5.69 Å². The number of rotatable bonds is 1. The number of aryl methyl sites for hydroxylation is 1. The predicted molar refractivity (Wildman–Crippen MR) is 84.3 cm³/mol. The van der Waals surface area contributed by atoms with E-state index < -0.39 is 0 Å². The zero-order valence-corrected chi connectivity index (χ0v) is 11.8. The Bertz CT molecular complexity index is 815. The van der Waals surface area contributed by atoms with Crippen LogP contribution in [0.15, 0.2) is 67.1 Å². The second kappa shape index (κ2) is 4.67. The molecule has 2 aromatic heterocycles. The third-order valence-electron chi connectivity index (χ3n) is 3.84. The van der Waals surface area contributed by atoms with Gasteiger partial charge >= 0.3 is 0 Å². The van der Waals surface area contributed by atoms with E-state index in [1.54, 1.807) is 0 Å². The average molecular weight is 271 g/mol. The first-order valence-corrected chi connectivity index (χ1v) is 7.05. The Morgan fingerprint density at radius 3 is 2.57 bits per heavy atom. The van der Waals surface area contributed by atoms with E-state index in [0.29, 0.717) is 0 Å². The summed E-state index contributed by atoms with van der Waals surface area (Å²) in [6.07, 6.45) is 8.28. The minimum absolute atomic E-state index is 1.08. The highest BCUT2D eigenvalue weighted by molar-refractivity contribution is 6.05. The van der Waals surface area contributed by atoms with Crippen LogP contribution in [0.3, 0.4) is 0 Å². The van der Waals surface area contributed by atoms with Gasteiger partial charge in [0, 0.05) is 29.0 Å². The molecule has 0 N–H and O–H groups in total. The lowest BCUT2D eigenvalue weighted by Crippen LogP contribution is -2.26.